The summed E-state index contributed by atoms with van der Waals surface area (Å²) >= 11 is 0. The lowest BCUT2D eigenvalue weighted by Gasteiger charge is -2.35. The number of hydrogen-bond donors (Lipinski definition) is 3. The standard InChI is InChI=1S/C22H35NO5/c1-14(11-17-9-7-6-8-10-17)19(23)18(20(24)25)13-22(4,21(26)27)12-15(2)16(3)28-5/h6-10,14-16,18-19H,11-13,23H2,1-5H3,(H,24,25)(H,26,27). The number of carbonyl (C=O) groups is 2. The number of aliphatic carboxylic acids is 2. The molecule has 158 valence electrons. The van der Waals surface area contributed by atoms with Crippen molar-refractivity contribution in [1.29, 1.82) is 0 Å². The lowest BCUT2D eigenvalue weighted by Crippen LogP contribution is -2.46. The molecule has 6 unspecified atom stereocenters. The van der Waals surface area contributed by atoms with E-state index in [-0.39, 0.29) is 24.4 Å². The molecule has 0 spiro atoms. The van der Waals surface area contributed by atoms with Crippen LogP contribution in [-0.2, 0) is 20.7 Å². The molecule has 0 saturated heterocycles. The van der Waals surface area contributed by atoms with Crippen LogP contribution >= 0.6 is 0 Å². The van der Waals surface area contributed by atoms with E-state index in [1.807, 2.05) is 51.1 Å². The van der Waals surface area contributed by atoms with Gasteiger partial charge in [-0.25, -0.2) is 0 Å². The normalized spacial score (nSPS) is 19.1. The van der Waals surface area contributed by atoms with Crippen LogP contribution in [0.2, 0.25) is 0 Å². The number of nitrogens with two attached hydrogens (primary N) is 1. The number of methoxy groups -OCH3 is 1. The fourth-order valence-corrected chi connectivity index (χ4v) is 3.76. The Balaban J connectivity index is 2.97. The topological polar surface area (TPSA) is 110 Å². The fourth-order valence-electron chi connectivity index (χ4n) is 3.76. The van der Waals surface area contributed by atoms with Gasteiger partial charge in [0, 0.05) is 13.2 Å². The number of benzene rings is 1. The van der Waals surface area contributed by atoms with E-state index in [2.05, 4.69) is 0 Å². The molecule has 0 bridgehead atoms. The van der Waals surface area contributed by atoms with Gasteiger partial charge in [0.05, 0.1) is 17.4 Å². The summed E-state index contributed by atoms with van der Waals surface area (Å²) in [6, 6.07) is 9.10. The molecular formula is C22H35NO5. The predicted molar refractivity (Wildman–Crippen MR) is 109 cm³/mol. The van der Waals surface area contributed by atoms with E-state index in [0.29, 0.717) is 12.8 Å². The Hall–Kier alpha value is -1.92. The average Bonchev–Trinajstić information content (AvgIpc) is 2.65. The lowest BCUT2D eigenvalue weighted by atomic mass is 9.71. The summed E-state index contributed by atoms with van der Waals surface area (Å²) in [7, 11) is 1.58. The summed E-state index contributed by atoms with van der Waals surface area (Å²) in [5.41, 5.74) is 6.22. The average molecular weight is 394 g/mol. The van der Waals surface area contributed by atoms with Crippen LogP contribution < -0.4 is 5.73 Å². The Kier molecular flexibility index (Phi) is 9.11. The van der Waals surface area contributed by atoms with Gasteiger partial charge in [-0.15, -0.1) is 0 Å². The van der Waals surface area contributed by atoms with E-state index >= 15 is 0 Å². The molecule has 4 N–H and O–H groups in total. The second-order valence-corrected chi connectivity index (χ2v) is 8.38. The summed E-state index contributed by atoms with van der Waals surface area (Å²) in [6.07, 6.45) is 0.833. The molecule has 6 nitrogen and oxygen atoms in total. The van der Waals surface area contributed by atoms with Crippen LogP contribution in [-0.4, -0.2) is 41.4 Å². The van der Waals surface area contributed by atoms with Crippen molar-refractivity contribution in [3.8, 4) is 0 Å². The SMILES string of the molecule is COC(C)C(C)CC(C)(CC(C(=O)O)C(N)C(C)Cc1ccccc1)C(=O)O. The Bertz CT molecular complexity index is 635. The zero-order valence-electron chi connectivity index (χ0n) is 17.6. The van der Waals surface area contributed by atoms with Crippen molar-refractivity contribution in [2.24, 2.45) is 28.9 Å². The molecule has 6 atom stereocenters. The van der Waals surface area contributed by atoms with E-state index in [0.717, 1.165) is 5.56 Å². The Morgan fingerprint density at radius 2 is 1.64 bits per heavy atom. The third-order valence-corrected chi connectivity index (χ3v) is 5.97. The van der Waals surface area contributed by atoms with Crippen molar-refractivity contribution in [3.63, 3.8) is 0 Å². The highest BCUT2D eigenvalue weighted by atomic mass is 16.5. The molecule has 0 aromatic heterocycles. The van der Waals surface area contributed by atoms with Crippen LogP contribution in [0, 0.1) is 23.2 Å². The first-order chi connectivity index (χ1) is 13.0. The zero-order valence-corrected chi connectivity index (χ0v) is 17.6. The molecule has 0 radical (unpaired) electrons. The van der Waals surface area contributed by atoms with Gasteiger partial charge in [0.15, 0.2) is 0 Å². The van der Waals surface area contributed by atoms with Crippen LogP contribution in [0.25, 0.3) is 0 Å². The van der Waals surface area contributed by atoms with Crippen LogP contribution in [0.1, 0.15) is 46.1 Å². The van der Waals surface area contributed by atoms with E-state index in [1.165, 1.54) is 0 Å². The summed E-state index contributed by atoms with van der Waals surface area (Å²) in [6.45, 7) is 7.33. The van der Waals surface area contributed by atoms with Gasteiger partial charge in [-0.3, -0.25) is 9.59 Å². The lowest BCUT2D eigenvalue weighted by molar-refractivity contribution is -0.154. The second-order valence-electron chi connectivity index (χ2n) is 8.38. The Morgan fingerprint density at radius 3 is 2.11 bits per heavy atom. The number of carboxylic acids is 2. The summed E-state index contributed by atoms with van der Waals surface area (Å²) in [5.74, 6) is -3.12. The molecule has 1 aromatic rings. The highest BCUT2D eigenvalue weighted by Crippen LogP contribution is 2.37. The van der Waals surface area contributed by atoms with Crippen molar-refractivity contribution in [2.75, 3.05) is 7.11 Å². The highest BCUT2D eigenvalue weighted by Gasteiger charge is 2.42. The maximum atomic E-state index is 12.0. The molecule has 1 aromatic carbocycles. The van der Waals surface area contributed by atoms with Gasteiger partial charge in [-0.2, -0.15) is 0 Å². The number of ether oxygens (including phenoxy) is 1. The van der Waals surface area contributed by atoms with Gasteiger partial charge >= 0.3 is 11.9 Å². The molecule has 0 aliphatic carbocycles. The molecule has 28 heavy (non-hydrogen) atoms. The molecule has 0 amide bonds. The molecule has 0 saturated carbocycles. The van der Waals surface area contributed by atoms with Crippen LogP contribution in [0.4, 0.5) is 0 Å². The van der Waals surface area contributed by atoms with Gasteiger partial charge in [0.2, 0.25) is 0 Å². The largest absolute Gasteiger partial charge is 0.481 e. The molecule has 6 heteroatoms. The van der Waals surface area contributed by atoms with E-state index < -0.39 is 29.3 Å². The van der Waals surface area contributed by atoms with Crippen molar-refractivity contribution in [3.05, 3.63) is 35.9 Å². The second kappa shape index (κ2) is 10.6. The summed E-state index contributed by atoms with van der Waals surface area (Å²) in [5, 5.41) is 19.6. The smallest absolute Gasteiger partial charge is 0.309 e. The zero-order chi connectivity index (χ0) is 21.5. The van der Waals surface area contributed by atoms with Crippen LogP contribution in [0.5, 0.6) is 0 Å². The Labute approximate surface area is 168 Å². The first-order valence-corrected chi connectivity index (χ1v) is 9.80. The predicted octanol–water partition coefficient (Wildman–Crippen LogP) is 3.44. The van der Waals surface area contributed by atoms with Gasteiger partial charge in [-0.05, 0) is 50.5 Å². The molecule has 1 rings (SSSR count). The monoisotopic (exact) mass is 393 g/mol. The van der Waals surface area contributed by atoms with Crippen molar-refractivity contribution >= 4 is 11.9 Å². The van der Waals surface area contributed by atoms with E-state index in [9.17, 15) is 19.8 Å². The Morgan fingerprint density at radius 1 is 1.07 bits per heavy atom. The molecule has 0 heterocycles. The van der Waals surface area contributed by atoms with Gasteiger partial charge < -0.3 is 20.7 Å². The van der Waals surface area contributed by atoms with Gasteiger partial charge in [-0.1, -0.05) is 44.2 Å². The number of hydrogen-bond acceptors (Lipinski definition) is 4. The quantitative estimate of drug-likeness (QED) is 0.502. The van der Waals surface area contributed by atoms with Crippen molar-refractivity contribution in [1.82, 2.24) is 0 Å². The summed E-state index contributed by atoms with van der Waals surface area (Å²) in [4.78, 5) is 24.0. The minimum Gasteiger partial charge on any atom is -0.481 e. The van der Waals surface area contributed by atoms with E-state index in [1.54, 1.807) is 14.0 Å². The summed E-state index contributed by atoms with van der Waals surface area (Å²) < 4.78 is 5.31. The van der Waals surface area contributed by atoms with Crippen LogP contribution in [0.15, 0.2) is 30.3 Å². The highest BCUT2D eigenvalue weighted by molar-refractivity contribution is 5.77. The maximum Gasteiger partial charge on any atom is 0.309 e. The fraction of sp³-hybridized carbons (Fsp3) is 0.636. The van der Waals surface area contributed by atoms with E-state index in [4.69, 9.17) is 10.5 Å². The molecular weight excluding hydrogens is 358 g/mol. The van der Waals surface area contributed by atoms with Gasteiger partial charge in [0.1, 0.15) is 0 Å². The third-order valence-electron chi connectivity index (χ3n) is 5.97. The maximum absolute atomic E-state index is 12.0. The number of rotatable bonds is 12. The first-order valence-electron chi connectivity index (χ1n) is 9.80. The van der Waals surface area contributed by atoms with Crippen molar-refractivity contribution < 1.29 is 24.5 Å². The minimum atomic E-state index is -1.20. The van der Waals surface area contributed by atoms with Crippen molar-refractivity contribution in [2.45, 2.75) is 59.1 Å². The molecule has 0 aliphatic rings. The number of carboxylic acid groups (broad SMARTS) is 2. The van der Waals surface area contributed by atoms with Gasteiger partial charge in [0.25, 0.3) is 0 Å². The first kappa shape index (κ1) is 24.1. The third kappa shape index (κ3) is 6.60. The molecule has 0 aliphatic heterocycles. The van der Waals surface area contributed by atoms with Crippen LogP contribution in [0.3, 0.4) is 0 Å². The minimum absolute atomic E-state index is 0.0151. The molecule has 0 fully saturated rings.